The highest BCUT2D eigenvalue weighted by molar-refractivity contribution is 6.01. The first-order valence-electron chi connectivity index (χ1n) is 12.9. The van der Waals surface area contributed by atoms with E-state index in [1.54, 1.807) is 11.0 Å². The molecule has 5 rings (SSSR count). The lowest BCUT2D eigenvalue weighted by atomic mass is 9.78. The molecule has 0 bridgehead atoms. The molecule has 1 amide bonds. The van der Waals surface area contributed by atoms with Gasteiger partial charge in [-0.2, -0.15) is 13.2 Å². The Bertz CT molecular complexity index is 1190. The first-order valence-corrected chi connectivity index (χ1v) is 12.9. The Kier molecular flexibility index (Phi) is 6.96. The lowest BCUT2D eigenvalue weighted by Crippen LogP contribution is -2.52. The maximum Gasteiger partial charge on any atom is 0.433 e. The van der Waals surface area contributed by atoms with Gasteiger partial charge in [0.15, 0.2) is 0 Å². The molecule has 6 nitrogen and oxygen atoms in total. The second-order valence-corrected chi connectivity index (χ2v) is 10.2. The molecule has 0 radical (unpaired) electrons. The van der Waals surface area contributed by atoms with E-state index in [4.69, 9.17) is 4.84 Å². The Hall–Kier alpha value is -3.36. The summed E-state index contributed by atoms with van der Waals surface area (Å²) in [4.78, 5) is 26.6. The second-order valence-electron chi connectivity index (χ2n) is 10.2. The van der Waals surface area contributed by atoms with Gasteiger partial charge in [0.2, 0.25) is 5.91 Å². The van der Waals surface area contributed by atoms with Crippen LogP contribution < -0.4 is 4.90 Å². The number of halogens is 3. The van der Waals surface area contributed by atoms with Gasteiger partial charge in [0.05, 0.1) is 5.71 Å². The first-order chi connectivity index (χ1) is 17.7. The highest BCUT2D eigenvalue weighted by Gasteiger charge is 2.48. The van der Waals surface area contributed by atoms with E-state index < -0.39 is 17.5 Å². The summed E-state index contributed by atoms with van der Waals surface area (Å²) in [5, 5.41) is 4.37. The van der Waals surface area contributed by atoms with Crippen molar-refractivity contribution >= 4 is 23.5 Å². The smallest absolute Gasteiger partial charge is 0.388 e. The van der Waals surface area contributed by atoms with Crippen molar-refractivity contribution < 1.29 is 22.8 Å². The summed E-state index contributed by atoms with van der Waals surface area (Å²) in [6.07, 6.45) is 2.75. The van der Waals surface area contributed by atoms with Gasteiger partial charge in [0.1, 0.15) is 17.1 Å². The molecule has 0 N–H and O–H groups in total. The lowest BCUT2D eigenvalue weighted by Gasteiger charge is -2.42. The van der Waals surface area contributed by atoms with Crippen molar-refractivity contribution in [2.45, 2.75) is 50.8 Å². The van der Waals surface area contributed by atoms with Crippen LogP contribution in [0.3, 0.4) is 0 Å². The van der Waals surface area contributed by atoms with Gasteiger partial charge in [-0.05, 0) is 43.0 Å². The molecule has 1 aromatic heterocycles. The van der Waals surface area contributed by atoms with Gasteiger partial charge < -0.3 is 14.6 Å². The molecule has 196 valence electrons. The van der Waals surface area contributed by atoms with E-state index in [1.807, 2.05) is 35.2 Å². The molecule has 2 atom stereocenters. The summed E-state index contributed by atoms with van der Waals surface area (Å²) in [6.45, 7) is 4.42. The average Bonchev–Trinajstić information content (AvgIpc) is 3.34. The first kappa shape index (κ1) is 25.3. The fourth-order valence-corrected chi connectivity index (χ4v) is 5.41. The molecule has 0 saturated carbocycles. The molecule has 0 aliphatic carbocycles. The number of hydrogen-bond donors (Lipinski definition) is 0. The van der Waals surface area contributed by atoms with Crippen molar-refractivity contribution in [3.63, 3.8) is 0 Å². The molecule has 3 aliphatic rings. The topological polar surface area (TPSA) is 58.0 Å². The average molecular weight is 513 g/mol. The summed E-state index contributed by atoms with van der Waals surface area (Å²) in [7, 11) is 0. The third-order valence-corrected chi connectivity index (χ3v) is 7.68. The predicted octanol–water partition coefficient (Wildman–Crippen LogP) is 5.54. The fraction of sp³-hybridized carbons (Fsp3) is 0.464. The molecule has 37 heavy (non-hydrogen) atoms. The molecule has 3 aliphatic heterocycles. The number of alkyl halides is 3. The van der Waals surface area contributed by atoms with Gasteiger partial charge in [-0.25, -0.2) is 4.98 Å². The predicted molar refractivity (Wildman–Crippen MR) is 136 cm³/mol. The van der Waals surface area contributed by atoms with E-state index in [0.29, 0.717) is 44.6 Å². The van der Waals surface area contributed by atoms with E-state index in [-0.39, 0.29) is 17.6 Å². The second kappa shape index (κ2) is 10.2. The number of piperidine rings is 2. The molecule has 2 fully saturated rings. The zero-order chi connectivity index (χ0) is 26.0. The molecule has 1 aromatic carbocycles. The Morgan fingerprint density at radius 3 is 2.54 bits per heavy atom. The van der Waals surface area contributed by atoms with Gasteiger partial charge in [0.25, 0.3) is 0 Å². The van der Waals surface area contributed by atoms with E-state index in [0.717, 1.165) is 36.6 Å². The van der Waals surface area contributed by atoms with Crippen LogP contribution in [-0.2, 0) is 15.8 Å². The number of hydrogen-bond acceptors (Lipinski definition) is 5. The third-order valence-electron chi connectivity index (χ3n) is 7.68. The molecule has 2 saturated heterocycles. The Balaban J connectivity index is 1.27. The van der Waals surface area contributed by atoms with Gasteiger partial charge in [0, 0.05) is 56.6 Å². The normalized spacial score (nSPS) is 24.4. The van der Waals surface area contributed by atoms with Gasteiger partial charge in [-0.3, -0.25) is 4.79 Å². The van der Waals surface area contributed by atoms with Crippen LogP contribution in [0.1, 0.15) is 55.8 Å². The maximum atomic E-state index is 13.3. The number of likely N-dealkylation sites (tertiary alicyclic amines) is 1. The largest absolute Gasteiger partial charge is 0.433 e. The number of oxime groups is 1. The summed E-state index contributed by atoms with van der Waals surface area (Å²) in [5.74, 6) is 0.183. The monoisotopic (exact) mass is 512 g/mol. The number of amides is 1. The van der Waals surface area contributed by atoms with Gasteiger partial charge >= 0.3 is 6.18 Å². The molecule has 4 heterocycles. The molecule has 2 aromatic rings. The zero-order valence-corrected chi connectivity index (χ0v) is 20.9. The summed E-state index contributed by atoms with van der Waals surface area (Å²) in [6, 6.07) is 12.3. The van der Waals surface area contributed by atoms with Crippen molar-refractivity contribution in [1.29, 1.82) is 0 Å². The summed E-state index contributed by atoms with van der Waals surface area (Å²) < 4.78 is 40.0. The highest BCUT2D eigenvalue weighted by atomic mass is 19.4. The van der Waals surface area contributed by atoms with E-state index in [2.05, 4.69) is 17.1 Å². The van der Waals surface area contributed by atoms with Crippen LogP contribution in [0.5, 0.6) is 0 Å². The van der Waals surface area contributed by atoms with Crippen molar-refractivity contribution in [3.05, 3.63) is 65.4 Å². The van der Waals surface area contributed by atoms with Crippen LogP contribution in [0.4, 0.5) is 19.0 Å². The molecule has 1 spiro atoms. The number of rotatable bonds is 4. The molecular formula is C28H31F3N4O2. The summed E-state index contributed by atoms with van der Waals surface area (Å²) in [5.41, 5.74) is 1.14. The van der Waals surface area contributed by atoms with Crippen LogP contribution in [0, 0.1) is 5.92 Å². The number of carbonyl (C=O) groups excluding carboxylic acids is 1. The lowest BCUT2D eigenvalue weighted by molar-refractivity contribution is -0.141. The SMILES string of the molecule is CC1CN(C(=O)/C=C/c2ccc(C(F)(F)F)nc2N2CCCCC2)CCC12CC(c1ccccc1)=NO2. The van der Waals surface area contributed by atoms with Crippen molar-refractivity contribution in [2.24, 2.45) is 11.1 Å². The maximum absolute atomic E-state index is 13.3. The number of nitrogens with zero attached hydrogens (tertiary/aromatic N) is 4. The van der Waals surface area contributed by atoms with E-state index in [1.165, 1.54) is 12.1 Å². The standard InChI is InChI=1S/C28H31F3N4O2/c1-20-19-35(17-14-27(20)18-23(33-37-27)21-8-4-2-5-9-21)25(36)13-11-22-10-12-24(28(29,30)31)32-26(22)34-15-6-3-7-16-34/h2,4-5,8-13,20H,3,6-7,14-19H2,1H3/b13-11+. The Labute approximate surface area is 214 Å². The van der Waals surface area contributed by atoms with Crippen LogP contribution >= 0.6 is 0 Å². The fourth-order valence-electron chi connectivity index (χ4n) is 5.41. The van der Waals surface area contributed by atoms with Crippen LogP contribution in [0.25, 0.3) is 6.08 Å². The third kappa shape index (κ3) is 5.36. The quantitative estimate of drug-likeness (QED) is 0.505. The minimum atomic E-state index is -4.52. The van der Waals surface area contributed by atoms with Crippen LogP contribution in [0.15, 0.2) is 53.7 Å². The number of benzene rings is 1. The minimum absolute atomic E-state index is 0.0696. The number of pyridine rings is 1. The minimum Gasteiger partial charge on any atom is -0.388 e. The molecular weight excluding hydrogens is 481 g/mol. The zero-order valence-electron chi connectivity index (χ0n) is 20.9. The number of anilines is 1. The van der Waals surface area contributed by atoms with Crippen molar-refractivity contribution in [1.82, 2.24) is 9.88 Å². The van der Waals surface area contributed by atoms with Crippen LogP contribution in [0.2, 0.25) is 0 Å². The van der Waals surface area contributed by atoms with Crippen LogP contribution in [-0.4, -0.2) is 53.3 Å². The number of carbonyl (C=O) groups is 1. The van der Waals surface area contributed by atoms with E-state index in [9.17, 15) is 18.0 Å². The number of aromatic nitrogens is 1. The molecule has 2 unspecified atom stereocenters. The van der Waals surface area contributed by atoms with E-state index >= 15 is 0 Å². The summed E-state index contributed by atoms with van der Waals surface area (Å²) >= 11 is 0. The highest BCUT2D eigenvalue weighted by Crippen LogP contribution is 2.40. The van der Waals surface area contributed by atoms with Gasteiger partial charge in [-0.1, -0.05) is 42.4 Å². The Morgan fingerprint density at radius 1 is 1.08 bits per heavy atom. The molecule has 9 heteroatoms. The Morgan fingerprint density at radius 2 is 1.84 bits per heavy atom. The van der Waals surface area contributed by atoms with Crippen molar-refractivity contribution in [2.75, 3.05) is 31.1 Å². The van der Waals surface area contributed by atoms with Crippen molar-refractivity contribution in [3.8, 4) is 0 Å². The van der Waals surface area contributed by atoms with Gasteiger partial charge in [-0.15, -0.1) is 0 Å².